The molecule has 0 unspecified atom stereocenters. The zero-order chi connectivity index (χ0) is 25.4. The first-order chi connectivity index (χ1) is 17.2. The maximum atomic E-state index is 13.8. The molecule has 0 saturated heterocycles. The lowest BCUT2D eigenvalue weighted by Gasteiger charge is -2.29. The van der Waals surface area contributed by atoms with Crippen molar-refractivity contribution < 1.29 is 22.3 Å². The second-order valence-corrected chi connectivity index (χ2v) is 8.54. The van der Waals surface area contributed by atoms with Gasteiger partial charge in [0.15, 0.2) is 0 Å². The van der Waals surface area contributed by atoms with E-state index in [-0.39, 0.29) is 35.4 Å². The molecule has 0 fully saturated rings. The zero-order valence-electron chi connectivity index (χ0n) is 18.5. The van der Waals surface area contributed by atoms with Crippen molar-refractivity contribution in [2.75, 3.05) is 11.4 Å². The predicted octanol–water partition coefficient (Wildman–Crippen LogP) is 5.18. The Morgan fingerprint density at radius 2 is 1.94 bits per heavy atom. The molecule has 0 amide bonds. The molecule has 186 valence electrons. The Balaban J connectivity index is 1.56. The van der Waals surface area contributed by atoms with E-state index in [0.29, 0.717) is 30.0 Å². The van der Waals surface area contributed by atoms with Crippen LogP contribution in [0.25, 0.3) is 0 Å². The molecular formula is C24H18ClF4N5O2. The first-order valence-corrected chi connectivity index (χ1v) is 11.2. The van der Waals surface area contributed by atoms with Crippen molar-refractivity contribution in [3.05, 3.63) is 98.4 Å². The molecule has 36 heavy (non-hydrogen) atoms. The van der Waals surface area contributed by atoms with Gasteiger partial charge in [-0.15, -0.1) is 0 Å². The molecule has 1 N–H and O–H groups in total. The topological polar surface area (TPSA) is 76.0 Å². The number of H-pyrrole nitrogens is 1. The average molecular weight is 520 g/mol. The standard InChI is InChI=1S/C24H18ClF4N5O2/c25-21-20(11-30-32-22(21)35)33-9-8-19-18(13-33)31-23(36-16-6-3-5-15(26)10-16)34(19)12-14-4-1-2-7-17(14)24(27,28)29/h1-7,10-11H,8-9,12-13H2,(H,32,35). The summed E-state index contributed by atoms with van der Waals surface area (Å²) in [5.41, 5.74) is 0.360. The van der Waals surface area contributed by atoms with E-state index < -0.39 is 23.1 Å². The van der Waals surface area contributed by atoms with Gasteiger partial charge in [-0.2, -0.15) is 23.3 Å². The highest BCUT2D eigenvalue weighted by Crippen LogP contribution is 2.35. The number of ether oxygens (including phenoxy) is 1. The van der Waals surface area contributed by atoms with E-state index >= 15 is 0 Å². The lowest BCUT2D eigenvalue weighted by atomic mass is 10.1. The third kappa shape index (κ3) is 4.66. The Morgan fingerprint density at radius 3 is 2.72 bits per heavy atom. The molecule has 0 aliphatic carbocycles. The van der Waals surface area contributed by atoms with Gasteiger partial charge in [0.2, 0.25) is 0 Å². The predicted molar refractivity (Wildman–Crippen MR) is 124 cm³/mol. The van der Waals surface area contributed by atoms with Crippen molar-refractivity contribution in [2.45, 2.75) is 25.7 Å². The van der Waals surface area contributed by atoms with Crippen LogP contribution in [-0.2, 0) is 25.7 Å². The quantitative estimate of drug-likeness (QED) is 0.368. The Hall–Kier alpha value is -3.86. The van der Waals surface area contributed by atoms with Gasteiger partial charge in [0.25, 0.3) is 5.56 Å². The molecule has 0 spiro atoms. The summed E-state index contributed by atoms with van der Waals surface area (Å²) in [7, 11) is 0. The summed E-state index contributed by atoms with van der Waals surface area (Å²) < 4.78 is 62.2. The summed E-state index contributed by atoms with van der Waals surface area (Å²) in [6.45, 7) is 0.466. The van der Waals surface area contributed by atoms with Gasteiger partial charge < -0.3 is 9.64 Å². The first-order valence-electron chi connectivity index (χ1n) is 10.9. The van der Waals surface area contributed by atoms with E-state index in [1.807, 2.05) is 0 Å². The number of nitrogens with zero attached hydrogens (tertiary/aromatic N) is 4. The summed E-state index contributed by atoms with van der Waals surface area (Å²) in [6, 6.07) is 10.7. The van der Waals surface area contributed by atoms with Crippen LogP contribution in [-0.4, -0.2) is 26.3 Å². The van der Waals surface area contributed by atoms with Gasteiger partial charge in [-0.1, -0.05) is 35.9 Å². The summed E-state index contributed by atoms with van der Waals surface area (Å²) in [5, 5.41) is 6.03. The number of rotatable bonds is 5. The first kappa shape index (κ1) is 23.9. The van der Waals surface area contributed by atoms with Crippen LogP contribution < -0.4 is 15.2 Å². The van der Waals surface area contributed by atoms with Gasteiger partial charge in [0, 0.05) is 24.7 Å². The summed E-state index contributed by atoms with van der Waals surface area (Å²) >= 11 is 6.16. The van der Waals surface area contributed by atoms with Crippen LogP contribution in [0, 0.1) is 5.82 Å². The number of benzene rings is 2. The largest absolute Gasteiger partial charge is 0.425 e. The van der Waals surface area contributed by atoms with Crippen LogP contribution in [0.15, 0.2) is 59.5 Å². The van der Waals surface area contributed by atoms with Crippen LogP contribution in [0.4, 0.5) is 23.2 Å². The van der Waals surface area contributed by atoms with E-state index in [1.54, 1.807) is 9.47 Å². The van der Waals surface area contributed by atoms with Crippen LogP contribution in [0.5, 0.6) is 11.8 Å². The van der Waals surface area contributed by atoms with Gasteiger partial charge in [-0.25, -0.2) is 9.49 Å². The lowest BCUT2D eigenvalue weighted by molar-refractivity contribution is -0.138. The van der Waals surface area contributed by atoms with Gasteiger partial charge in [-0.05, 0) is 23.8 Å². The second-order valence-electron chi connectivity index (χ2n) is 8.16. The fourth-order valence-corrected chi connectivity index (χ4v) is 4.41. The molecule has 1 aliphatic rings. The normalized spacial score (nSPS) is 13.5. The molecule has 2 aromatic carbocycles. The number of alkyl halides is 3. The lowest BCUT2D eigenvalue weighted by Crippen LogP contribution is -2.32. The van der Waals surface area contributed by atoms with Crippen molar-refractivity contribution in [1.82, 2.24) is 19.7 Å². The average Bonchev–Trinajstić information content (AvgIpc) is 3.16. The zero-order valence-corrected chi connectivity index (χ0v) is 19.3. The number of halogens is 5. The molecule has 0 bridgehead atoms. The van der Waals surface area contributed by atoms with Crippen LogP contribution in [0.2, 0.25) is 5.02 Å². The number of nitrogens with one attached hydrogen (secondary N) is 1. The number of anilines is 1. The molecule has 0 radical (unpaired) electrons. The van der Waals surface area contributed by atoms with Gasteiger partial charge in [-0.3, -0.25) is 9.36 Å². The Morgan fingerprint density at radius 1 is 1.14 bits per heavy atom. The van der Waals surface area contributed by atoms with Crippen LogP contribution in [0.1, 0.15) is 22.5 Å². The molecule has 0 atom stereocenters. The van der Waals surface area contributed by atoms with E-state index in [2.05, 4.69) is 15.2 Å². The summed E-state index contributed by atoms with van der Waals surface area (Å²) in [6.07, 6.45) is -2.73. The van der Waals surface area contributed by atoms with Gasteiger partial charge >= 0.3 is 12.2 Å². The molecule has 4 aromatic rings. The van der Waals surface area contributed by atoms with Crippen LogP contribution >= 0.6 is 11.6 Å². The van der Waals surface area contributed by atoms with Crippen molar-refractivity contribution in [3.8, 4) is 11.8 Å². The number of aromatic nitrogens is 4. The van der Waals surface area contributed by atoms with Crippen molar-refractivity contribution in [1.29, 1.82) is 0 Å². The van der Waals surface area contributed by atoms with E-state index in [4.69, 9.17) is 16.3 Å². The molecule has 5 rings (SSSR count). The maximum absolute atomic E-state index is 13.8. The fourth-order valence-electron chi connectivity index (χ4n) is 4.20. The number of hydrogen-bond acceptors (Lipinski definition) is 5. The highest BCUT2D eigenvalue weighted by Gasteiger charge is 2.34. The number of aromatic amines is 1. The summed E-state index contributed by atoms with van der Waals surface area (Å²) in [5.74, 6) is -0.373. The molecular weight excluding hydrogens is 502 g/mol. The minimum Gasteiger partial charge on any atom is -0.425 e. The number of fused-ring (bicyclic) bond motifs is 1. The van der Waals surface area contributed by atoms with Crippen molar-refractivity contribution in [3.63, 3.8) is 0 Å². The number of imidazole rings is 1. The fraction of sp³-hybridized carbons (Fsp3) is 0.208. The Labute approximate surface area is 206 Å². The van der Waals surface area contributed by atoms with E-state index in [1.165, 1.54) is 42.6 Å². The highest BCUT2D eigenvalue weighted by molar-refractivity contribution is 6.33. The van der Waals surface area contributed by atoms with E-state index in [9.17, 15) is 22.4 Å². The SMILES string of the molecule is O=c1[nH]ncc(N2CCc3c(nc(Oc4cccc(F)c4)n3Cc3ccccc3C(F)(F)F)C2)c1Cl. The van der Waals surface area contributed by atoms with Crippen molar-refractivity contribution in [2.24, 2.45) is 0 Å². The molecule has 2 aromatic heterocycles. The van der Waals surface area contributed by atoms with E-state index in [0.717, 1.165) is 12.1 Å². The summed E-state index contributed by atoms with van der Waals surface area (Å²) in [4.78, 5) is 18.2. The molecule has 1 aliphatic heterocycles. The number of hydrogen-bond donors (Lipinski definition) is 1. The van der Waals surface area contributed by atoms with Gasteiger partial charge in [0.05, 0.1) is 36.2 Å². The van der Waals surface area contributed by atoms with Gasteiger partial charge in [0.1, 0.15) is 16.6 Å². The molecule has 12 heteroatoms. The maximum Gasteiger partial charge on any atom is 0.416 e. The third-order valence-electron chi connectivity index (χ3n) is 5.85. The third-order valence-corrected chi connectivity index (χ3v) is 6.22. The van der Waals surface area contributed by atoms with Crippen LogP contribution in [0.3, 0.4) is 0 Å². The minimum atomic E-state index is -4.54. The Bertz CT molecular complexity index is 1480. The highest BCUT2D eigenvalue weighted by atomic mass is 35.5. The molecule has 0 saturated carbocycles. The van der Waals surface area contributed by atoms with Crippen molar-refractivity contribution >= 4 is 17.3 Å². The monoisotopic (exact) mass is 519 g/mol. The minimum absolute atomic E-state index is 0.0248. The Kier molecular flexibility index (Phi) is 6.17. The second kappa shape index (κ2) is 9.30. The molecule has 7 nitrogen and oxygen atoms in total. The molecule has 3 heterocycles. The smallest absolute Gasteiger partial charge is 0.416 e.